The Balaban J connectivity index is 1.60. The smallest absolute Gasteiger partial charge is 0.406 e. The van der Waals surface area contributed by atoms with Crippen molar-refractivity contribution in [2.75, 3.05) is 25.6 Å². The molecule has 6 atom stereocenters. The van der Waals surface area contributed by atoms with Crippen LogP contribution in [0.1, 0.15) is 46.0 Å². The van der Waals surface area contributed by atoms with Gasteiger partial charge in [-0.05, 0) is 41.0 Å². The summed E-state index contributed by atoms with van der Waals surface area (Å²) in [5.41, 5.74) is -0.808. The lowest BCUT2D eigenvalue weighted by atomic mass is 9.98. The van der Waals surface area contributed by atoms with E-state index in [9.17, 15) is 9.36 Å². The van der Waals surface area contributed by atoms with E-state index in [0.29, 0.717) is 29.2 Å². The van der Waals surface area contributed by atoms with E-state index in [4.69, 9.17) is 13.8 Å². The molecule has 1 N–H and O–H groups in total. The largest absolute Gasteiger partial charge is 0.462 e. The van der Waals surface area contributed by atoms with Crippen LogP contribution in [0.25, 0.3) is 11.2 Å². The van der Waals surface area contributed by atoms with E-state index < -0.39 is 37.6 Å². The van der Waals surface area contributed by atoms with Crippen LogP contribution in [0.3, 0.4) is 0 Å². The summed E-state index contributed by atoms with van der Waals surface area (Å²) in [5.74, 6) is 0.260. The van der Waals surface area contributed by atoms with E-state index in [1.165, 1.54) is 13.8 Å². The van der Waals surface area contributed by atoms with Gasteiger partial charge in [0.1, 0.15) is 18.0 Å². The number of aryl methyl sites for hydroxylation is 1. The molecule has 1 saturated carbocycles. The second kappa shape index (κ2) is 8.82. The van der Waals surface area contributed by atoms with Crippen LogP contribution in [0.5, 0.6) is 0 Å². The highest BCUT2D eigenvalue weighted by Gasteiger charge is 2.60. The Bertz CT molecular complexity index is 1140. The van der Waals surface area contributed by atoms with Gasteiger partial charge in [0.25, 0.3) is 0 Å². The zero-order valence-corrected chi connectivity index (χ0v) is 21.4. The molecular formula is C21H32FN6O5P. The summed E-state index contributed by atoms with van der Waals surface area (Å²) in [6.07, 6.45) is 0.611. The van der Waals surface area contributed by atoms with Crippen molar-refractivity contribution >= 4 is 30.7 Å². The van der Waals surface area contributed by atoms with Crippen LogP contribution in [0.4, 0.5) is 10.2 Å². The van der Waals surface area contributed by atoms with Gasteiger partial charge in [0, 0.05) is 20.0 Å². The topological polar surface area (TPSA) is 121 Å². The molecular weight excluding hydrogens is 466 g/mol. The molecule has 11 nitrogen and oxygen atoms in total. The number of ether oxygens (including phenoxy) is 1. The lowest BCUT2D eigenvalue weighted by Gasteiger charge is -2.37. The van der Waals surface area contributed by atoms with Crippen molar-refractivity contribution < 1.29 is 27.5 Å². The van der Waals surface area contributed by atoms with Crippen LogP contribution in [0.2, 0.25) is 0 Å². The van der Waals surface area contributed by atoms with E-state index in [1.54, 1.807) is 31.7 Å². The van der Waals surface area contributed by atoms with Crippen molar-refractivity contribution in [2.45, 2.75) is 71.0 Å². The molecule has 13 heteroatoms. The van der Waals surface area contributed by atoms with Crippen LogP contribution < -0.4 is 9.99 Å². The van der Waals surface area contributed by atoms with Gasteiger partial charge in [0.05, 0.1) is 25.1 Å². The summed E-state index contributed by atoms with van der Waals surface area (Å²) in [6.45, 7) is 8.16. The van der Waals surface area contributed by atoms with Crippen molar-refractivity contribution in [3.8, 4) is 0 Å². The summed E-state index contributed by atoms with van der Waals surface area (Å²) < 4.78 is 47.7. The standard InChI is InChI=1S/C21H32FN6O5P/c1-11(2)32-20(29)12(3)26-34(30)31-9-14-8-15(21(5,22)17(14)33-34)28-10-23-16-18(27(6)7)24-13(4)25-19(16)28/h10-12,14-15,17H,8-9H2,1-7H3,(H,26,30)/t12-,14+,15+,17+,21-,34-/m0/s1. The number of halogens is 1. The van der Waals surface area contributed by atoms with Crippen LogP contribution in [0.15, 0.2) is 6.33 Å². The van der Waals surface area contributed by atoms with Crippen molar-refractivity contribution in [3.63, 3.8) is 0 Å². The maximum atomic E-state index is 16.3. The maximum Gasteiger partial charge on any atom is 0.406 e. The number of carbonyl (C=O) groups is 1. The van der Waals surface area contributed by atoms with E-state index in [1.807, 2.05) is 19.0 Å². The Labute approximate surface area is 198 Å². The molecule has 2 fully saturated rings. The highest BCUT2D eigenvalue weighted by atomic mass is 31.2. The third kappa shape index (κ3) is 4.44. The third-order valence-corrected chi connectivity index (χ3v) is 7.90. The summed E-state index contributed by atoms with van der Waals surface area (Å²) in [5, 5.41) is 2.58. The zero-order valence-electron chi connectivity index (χ0n) is 20.5. The molecule has 0 amide bonds. The fourth-order valence-electron chi connectivity index (χ4n) is 4.63. The number of hydrogen-bond acceptors (Lipinski definition) is 9. The van der Waals surface area contributed by atoms with Gasteiger partial charge in [-0.3, -0.25) is 13.8 Å². The first-order valence-electron chi connectivity index (χ1n) is 11.3. The number of rotatable bonds is 6. The van der Waals surface area contributed by atoms with Gasteiger partial charge in [0.2, 0.25) is 0 Å². The Hall–Kier alpha value is -2.14. The van der Waals surface area contributed by atoms with Gasteiger partial charge < -0.3 is 14.2 Å². The number of alkyl halides is 1. The number of carbonyl (C=O) groups excluding carboxylic acids is 1. The normalized spacial score (nSPS) is 32.1. The molecule has 0 radical (unpaired) electrons. The van der Waals surface area contributed by atoms with Gasteiger partial charge in [0.15, 0.2) is 22.7 Å². The van der Waals surface area contributed by atoms with E-state index >= 15 is 4.39 Å². The number of fused-ring (bicyclic) bond motifs is 2. The van der Waals surface area contributed by atoms with Crippen LogP contribution in [0, 0.1) is 12.8 Å². The molecule has 0 spiro atoms. The lowest BCUT2D eigenvalue weighted by Crippen LogP contribution is -2.45. The Morgan fingerprint density at radius 2 is 2.09 bits per heavy atom. The number of nitrogens with one attached hydrogen (secondary N) is 1. The predicted octanol–water partition coefficient (Wildman–Crippen LogP) is 2.94. The molecule has 4 rings (SSSR count). The minimum Gasteiger partial charge on any atom is -0.462 e. The maximum absolute atomic E-state index is 16.3. The first kappa shape index (κ1) is 25.0. The molecule has 0 bridgehead atoms. The fraction of sp³-hybridized carbons (Fsp3) is 0.714. The summed E-state index contributed by atoms with van der Waals surface area (Å²) in [4.78, 5) is 27.4. The number of hydrogen-bond donors (Lipinski definition) is 1. The first-order chi connectivity index (χ1) is 15.8. The molecule has 0 aromatic carbocycles. The van der Waals surface area contributed by atoms with Crippen molar-refractivity contribution in [1.29, 1.82) is 0 Å². The number of anilines is 1. The van der Waals surface area contributed by atoms with Crippen molar-refractivity contribution in [2.24, 2.45) is 5.92 Å². The third-order valence-electron chi connectivity index (χ3n) is 6.20. The Morgan fingerprint density at radius 3 is 2.74 bits per heavy atom. The molecule has 2 aliphatic rings. The van der Waals surface area contributed by atoms with Gasteiger partial charge in [-0.1, -0.05) is 0 Å². The lowest BCUT2D eigenvalue weighted by molar-refractivity contribution is -0.149. The number of nitrogens with zero attached hydrogens (tertiary/aromatic N) is 5. The molecule has 1 aliphatic carbocycles. The highest BCUT2D eigenvalue weighted by Crippen LogP contribution is 2.59. The summed E-state index contributed by atoms with van der Waals surface area (Å²) in [7, 11) is -0.228. The molecule has 1 aliphatic heterocycles. The predicted molar refractivity (Wildman–Crippen MR) is 123 cm³/mol. The second-order valence-corrected chi connectivity index (χ2v) is 11.4. The molecule has 3 heterocycles. The average Bonchev–Trinajstić information content (AvgIpc) is 3.24. The molecule has 2 aromatic heterocycles. The van der Waals surface area contributed by atoms with Gasteiger partial charge >= 0.3 is 13.7 Å². The number of aromatic nitrogens is 4. The van der Waals surface area contributed by atoms with Crippen molar-refractivity contribution in [3.05, 3.63) is 12.2 Å². The van der Waals surface area contributed by atoms with Crippen LogP contribution >= 0.6 is 7.75 Å². The van der Waals surface area contributed by atoms with Gasteiger partial charge in [-0.25, -0.2) is 29.0 Å². The quantitative estimate of drug-likeness (QED) is 0.470. The minimum atomic E-state index is -3.94. The van der Waals surface area contributed by atoms with E-state index in [2.05, 4.69) is 20.0 Å². The van der Waals surface area contributed by atoms with Gasteiger partial charge in [-0.2, -0.15) is 0 Å². The Kier molecular flexibility index (Phi) is 6.48. The summed E-state index contributed by atoms with van der Waals surface area (Å²) in [6, 6.07) is -1.62. The van der Waals surface area contributed by atoms with E-state index in [-0.39, 0.29) is 18.6 Å². The Morgan fingerprint density at radius 1 is 1.38 bits per heavy atom. The fourth-order valence-corrected chi connectivity index (χ4v) is 6.48. The molecule has 0 unspecified atom stereocenters. The SMILES string of the molecule is Cc1nc(N(C)C)c2ncn([C@@H]3C[C@@H]4CO[P@@](=O)(N[C@@H](C)C(=O)OC(C)C)O[C@H]4[C@@]3(C)F)c2n1. The molecule has 188 valence electrons. The average molecular weight is 498 g/mol. The van der Waals surface area contributed by atoms with Crippen molar-refractivity contribution in [1.82, 2.24) is 24.6 Å². The monoisotopic (exact) mass is 498 g/mol. The molecule has 1 saturated heterocycles. The van der Waals surface area contributed by atoms with Crippen LogP contribution in [-0.4, -0.2) is 70.1 Å². The summed E-state index contributed by atoms with van der Waals surface area (Å²) >= 11 is 0. The molecule has 2 aromatic rings. The van der Waals surface area contributed by atoms with Gasteiger partial charge in [-0.15, -0.1) is 0 Å². The first-order valence-corrected chi connectivity index (χ1v) is 12.9. The minimum absolute atomic E-state index is 0.0283. The highest BCUT2D eigenvalue weighted by molar-refractivity contribution is 7.51. The number of imidazole rings is 1. The van der Waals surface area contributed by atoms with Crippen LogP contribution in [-0.2, 0) is 23.1 Å². The number of esters is 1. The van der Waals surface area contributed by atoms with E-state index in [0.717, 1.165) is 0 Å². The second-order valence-electron chi connectivity index (χ2n) is 9.63. The zero-order chi connectivity index (χ0) is 25.0. The molecule has 34 heavy (non-hydrogen) atoms.